The Morgan fingerprint density at radius 2 is 2.00 bits per heavy atom. The second-order valence-electron chi connectivity index (χ2n) is 6.54. The molecule has 2 rings (SSSR count). The first-order valence-electron chi connectivity index (χ1n) is 6.68. The monoisotopic (exact) mass is 252 g/mol. The van der Waals surface area contributed by atoms with E-state index in [0.29, 0.717) is 6.04 Å². The smallest absolute Gasteiger partial charge is 0.166 e. The van der Waals surface area contributed by atoms with E-state index < -0.39 is 0 Å². The van der Waals surface area contributed by atoms with Crippen molar-refractivity contribution in [2.75, 3.05) is 0 Å². The molecule has 0 aromatic rings. The Morgan fingerprint density at radius 1 is 1.24 bits per heavy atom. The average molecular weight is 252 g/mol. The summed E-state index contributed by atoms with van der Waals surface area (Å²) >= 11 is 5.37. The van der Waals surface area contributed by atoms with E-state index in [1.165, 1.54) is 25.7 Å². The number of nitrogens with one attached hydrogen (secondary N) is 2. The van der Waals surface area contributed by atoms with E-state index in [-0.39, 0.29) is 5.54 Å². The van der Waals surface area contributed by atoms with E-state index in [1.54, 1.807) is 0 Å². The molecule has 2 aliphatic carbocycles. The van der Waals surface area contributed by atoms with Crippen molar-refractivity contribution in [3.05, 3.63) is 12.2 Å². The zero-order chi connectivity index (χ0) is 12.5. The fourth-order valence-corrected chi connectivity index (χ4v) is 3.45. The third-order valence-electron chi connectivity index (χ3n) is 3.54. The number of allylic oxidation sites excluding steroid dienone is 2. The molecule has 0 amide bonds. The maximum absolute atomic E-state index is 5.37. The highest BCUT2D eigenvalue weighted by molar-refractivity contribution is 7.80. The highest BCUT2D eigenvalue weighted by atomic mass is 32.1. The molecule has 1 fully saturated rings. The van der Waals surface area contributed by atoms with Gasteiger partial charge in [0.15, 0.2) is 5.11 Å². The summed E-state index contributed by atoms with van der Waals surface area (Å²) in [5, 5.41) is 7.64. The third-order valence-corrected chi connectivity index (χ3v) is 3.76. The van der Waals surface area contributed by atoms with Crippen molar-refractivity contribution in [2.45, 2.75) is 58.0 Å². The Labute approximate surface area is 110 Å². The van der Waals surface area contributed by atoms with E-state index in [2.05, 4.69) is 43.6 Å². The number of hydrogen-bond donors (Lipinski definition) is 2. The van der Waals surface area contributed by atoms with Crippen LogP contribution in [0.2, 0.25) is 0 Å². The molecule has 3 heteroatoms. The van der Waals surface area contributed by atoms with Gasteiger partial charge in [-0.3, -0.25) is 0 Å². The summed E-state index contributed by atoms with van der Waals surface area (Å²) in [6.07, 6.45) is 9.90. The summed E-state index contributed by atoms with van der Waals surface area (Å²) in [5.41, 5.74) is 0.0501. The predicted molar refractivity (Wildman–Crippen MR) is 77.0 cm³/mol. The Hall–Kier alpha value is -0.570. The van der Waals surface area contributed by atoms with Crippen LogP contribution in [0.4, 0.5) is 0 Å². The Bertz CT molecular complexity index is 317. The lowest BCUT2D eigenvalue weighted by Gasteiger charge is -2.37. The fraction of sp³-hybridized carbons (Fsp3) is 0.786. The van der Waals surface area contributed by atoms with Crippen LogP contribution < -0.4 is 10.6 Å². The van der Waals surface area contributed by atoms with Gasteiger partial charge < -0.3 is 10.6 Å². The summed E-state index contributed by atoms with van der Waals surface area (Å²) in [6.45, 7) is 6.41. The molecule has 0 aromatic heterocycles. The first kappa shape index (κ1) is 12.9. The van der Waals surface area contributed by atoms with Gasteiger partial charge in [0.25, 0.3) is 0 Å². The largest absolute Gasteiger partial charge is 0.360 e. The van der Waals surface area contributed by atoms with E-state index in [1.807, 2.05) is 0 Å². The van der Waals surface area contributed by atoms with Gasteiger partial charge in [0, 0.05) is 11.6 Å². The van der Waals surface area contributed by atoms with Gasteiger partial charge in [0.2, 0.25) is 0 Å². The summed E-state index contributed by atoms with van der Waals surface area (Å²) in [7, 11) is 0. The minimum atomic E-state index is 0.0501. The molecule has 17 heavy (non-hydrogen) atoms. The number of fused-ring (bicyclic) bond motifs is 2. The molecule has 96 valence electrons. The van der Waals surface area contributed by atoms with Gasteiger partial charge in [-0.2, -0.15) is 0 Å². The average Bonchev–Trinajstić information content (AvgIpc) is 2.13. The van der Waals surface area contributed by atoms with Crippen molar-refractivity contribution in [2.24, 2.45) is 11.8 Å². The van der Waals surface area contributed by atoms with Crippen LogP contribution in [-0.2, 0) is 0 Å². The second-order valence-corrected chi connectivity index (χ2v) is 6.95. The Kier molecular flexibility index (Phi) is 3.76. The molecular formula is C14H24N2S. The van der Waals surface area contributed by atoms with Crippen molar-refractivity contribution >= 4 is 17.3 Å². The van der Waals surface area contributed by atoms with Gasteiger partial charge in [-0.1, -0.05) is 12.2 Å². The minimum absolute atomic E-state index is 0.0501. The summed E-state index contributed by atoms with van der Waals surface area (Å²) in [6, 6.07) is 0.561. The lowest BCUT2D eigenvalue weighted by Crippen LogP contribution is -2.51. The normalized spacial score (nSPS) is 32.1. The van der Waals surface area contributed by atoms with Gasteiger partial charge in [-0.05, 0) is 70.5 Å². The van der Waals surface area contributed by atoms with Crippen molar-refractivity contribution < 1.29 is 0 Å². The number of thiocarbonyl (C=S) groups is 1. The SMILES string of the molecule is CC(C)(C)NC(=S)NC1CC2C=CCC(C2)C1. The van der Waals surface area contributed by atoms with Gasteiger partial charge in [0.05, 0.1) is 0 Å². The molecule has 0 saturated heterocycles. The molecule has 0 heterocycles. The molecule has 0 spiro atoms. The summed E-state index contributed by atoms with van der Waals surface area (Å²) < 4.78 is 0. The molecular weight excluding hydrogens is 228 g/mol. The van der Waals surface area contributed by atoms with Gasteiger partial charge in [-0.15, -0.1) is 0 Å². The molecule has 2 N–H and O–H groups in total. The minimum Gasteiger partial charge on any atom is -0.360 e. The van der Waals surface area contributed by atoms with Crippen LogP contribution in [-0.4, -0.2) is 16.7 Å². The molecule has 3 atom stereocenters. The van der Waals surface area contributed by atoms with Gasteiger partial charge in [-0.25, -0.2) is 0 Å². The van der Waals surface area contributed by atoms with Gasteiger partial charge >= 0.3 is 0 Å². The maximum atomic E-state index is 5.37. The quantitative estimate of drug-likeness (QED) is 0.554. The molecule has 3 unspecified atom stereocenters. The third kappa shape index (κ3) is 3.98. The lowest BCUT2D eigenvalue weighted by molar-refractivity contribution is 0.248. The molecule has 0 aromatic carbocycles. The van der Waals surface area contributed by atoms with Crippen LogP contribution in [0.25, 0.3) is 0 Å². The van der Waals surface area contributed by atoms with E-state index in [4.69, 9.17) is 12.2 Å². The summed E-state index contributed by atoms with van der Waals surface area (Å²) in [4.78, 5) is 0. The van der Waals surface area contributed by atoms with Crippen LogP contribution in [0.15, 0.2) is 12.2 Å². The fourth-order valence-electron chi connectivity index (χ4n) is 2.98. The summed E-state index contributed by atoms with van der Waals surface area (Å²) in [5.74, 6) is 1.64. The first-order valence-corrected chi connectivity index (χ1v) is 7.08. The zero-order valence-corrected chi connectivity index (χ0v) is 11.9. The maximum Gasteiger partial charge on any atom is 0.166 e. The first-order chi connectivity index (χ1) is 7.92. The van der Waals surface area contributed by atoms with E-state index in [9.17, 15) is 0 Å². The number of rotatable bonds is 1. The molecule has 2 aliphatic rings. The molecule has 1 saturated carbocycles. The number of hydrogen-bond acceptors (Lipinski definition) is 1. The highest BCUT2D eigenvalue weighted by Crippen LogP contribution is 2.35. The van der Waals surface area contributed by atoms with Crippen LogP contribution in [0.5, 0.6) is 0 Å². The van der Waals surface area contributed by atoms with Crippen LogP contribution in [0.1, 0.15) is 46.5 Å². The van der Waals surface area contributed by atoms with Crippen LogP contribution >= 0.6 is 12.2 Å². The van der Waals surface area contributed by atoms with E-state index >= 15 is 0 Å². The standard InChI is InChI=1S/C14H24N2S/c1-14(2,3)16-13(17)15-12-8-10-5-4-6-11(7-10)9-12/h4-5,10-12H,6-9H2,1-3H3,(H2,15,16,17). The van der Waals surface area contributed by atoms with Crippen molar-refractivity contribution in [3.8, 4) is 0 Å². The Morgan fingerprint density at radius 3 is 2.65 bits per heavy atom. The van der Waals surface area contributed by atoms with Crippen LogP contribution in [0, 0.1) is 11.8 Å². The molecule has 0 radical (unpaired) electrons. The van der Waals surface area contributed by atoms with Gasteiger partial charge in [0.1, 0.15) is 0 Å². The second kappa shape index (κ2) is 4.97. The molecule has 2 bridgehead atoms. The lowest BCUT2D eigenvalue weighted by atomic mass is 9.74. The zero-order valence-electron chi connectivity index (χ0n) is 11.1. The Balaban J connectivity index is 1.84. The van der Waals surface area contributed by atoms with Crippen LogP contribution in [0.3, 0.4) is 0 Å². The van der Waals surface area contributed by atoms with Crippen molar-refractivity contribution in [1.29, 1.82) is 0 Å². The molecule has 0 aliphatic heterocycles. The van der Waals surface area contributed by atoms with Crippen molar-refractivity contribution in [3.63, 3.8) is 0 Å². The topological polar surface area (TPSA) is 24.1 Å². The predicted octanol–water partition coefficient (Wildman–Crippen LogP) is 2.99. The van der Waals surface area contributed by atoms with Crippen molar-refractivity contribution in [1.82, 2.24) is 10.6 Å². The highest BCUT2D eigenvalue weighted by Gasteiger charge is 2.29. The van der Waals surface area contributed by atoms with E-state index in [0.717, 1.165) is 16.9 Å². The molecule has 2 nitrogen and oxygen atoms in total.